The minimum absolute atomic E-state index is 0.122. The van der Waals surface area contributed by atoms with E-state index >= 15 is 0 Å². The molecule has 0 aliphatic heterocycles. The molecule has 2 heterocycles. The third-order valence-electron chi connectivity index (χ3n) is 3.31. The van der Waals surface area contributed by atoms with Gasteiger partial charge in [0.05, 0.1) is 12.2 Å². The second-order valence-electron chi connectivity index (χ2n) is 4.72. The topological polar surface area (TPSA) is 39.3 Å². The summed E-state index contributed by atoms with van der Waals surface area (Å²) in [6.07, 6.45) is 7.11. The van der Waals surface area contributed by atoms with Crippen LogP contribution >= 0.6 is 11.6 Å². The number of aromatic nitrogens is 3. The molecule has 0 spiro atoms. The summed E-state index contributed by atoms with van der Waals surface area (Å²) in [6.45, 7) is 2.21. The van der Waals surface area contributed by atoms with Crippen molar-refractivity contribution in [2.45, 2.75) is 13.5 Å². The lowest BCUT2D eigenvalue weighted by atomic mass is 10.2. The van der Waals surface area contributed by atoms with Gasteiger partial charge in [-0.3, -0.25) is 9.20 Å². The maximum Gasteiger partial charge on any atom is 0.259 e. The monoisotopic (exact) mass is 297 g/mol. The molecule has 0 radical (unpaired) electrons. The molecule has 3 rings (SSSR count). The molecular weight excluding hydrogens is 286 g/mol. The Morgan fingerprint density at radius 3 is 2.71 bits per heavy atom. The molecule has 0 bridgehead atoms. The average Bonchev–Trinajstić information content (AvgIpc) is 2.90. The van der Waals surface area contributed by atoms with Crippen molar-refractivity contribution in [3.05, 3.63) is 57.6 Å². The average molecular weight is 298 g/mol. The number of nitrogens with zero attached hydrogens (tertiary/aromatic N) is 3. The molecule has 0 aliphatic rings. The second-order valence-corrected chi connectivity index (χ2v) is 5.15. The first kappa shape index (κ1) is 13.5. The summed E-state index contributed by atoms with van der Waals surface area (Å²) in [6, 6.07) is 8.87. The van der Waals surface area contributed by atoms with Crippen molar-refractivity contribution in [2.75, 3.05) is 0 Å². The Hall–Kier alpha value is -2.51. The van der Waals surface area contributed by atoms with Gasteiger partial charge in [-0.05, 0) is 19.1 Å². The van der Waals surface area contributed by atoms with Gasteiger partial charge in [0.15, 0.2) is 0 Å². The van der Waals surface area contributed by atoms with Crippen molar-refractivity contribution in [2.24, 2.45) is 0 Å². The van der Waals surface area contributed by atoms with Crippen LogP contribution in [0.15, 0.2) is 41.3 Å². The molecule has 1 aromatic carbocycles. The lowest BCUT2D eigenvalue weighted by molar-refractivity contribution is 0.779. The molecule has 3 aromatic rings. The number of hydrogen-bond acceptors (Lipinski definition) is 2. The molecule has 0 saturated heterocycles. The number of aryl methyl sites for hydroxylation is 1. The van der Waals surface area contributed by atoms with Gasteiger partial charge in [-0.2, -0.15) is 0 Å². The maximum atomic E-state index is 12.1. The van der Waals surface area contributed by atoms with Crippen molar-refractivity contribution >= 4 is 17.4 Å². The molecule has 4 nitrogen and oxygen atoms in total. The lowest BCUT2D eigenvalue weighted by Gasteiger charge is -2.07. The number of hydrogen-bond donors (Lipinski definition) is 0. The van der Waals surface area contributed by atoms with Crippen LogP contribution in [-0.4, -0.2) is 14.0 Å². The van der Waals surface area contributed by atoms with E-state index in [2.05, 4.69) is 10.9 Å². The molecule has 0 N–H and O–H groups in total. The van der Waals surface area contributed by atoms with Gasteiger partial charge in [-0.1, -0.05) is 29.7 Å². The highest BCUT2D eigenvalue weighted by Crippen LogP contribution is 2.21. The van der Waals surface area contributed by atoms with E-state index in [4.69, 9.17) is 18.0 Å². The molecule has 5 heteroatoms. The number of benzene rings is 1. The van der Waals surface area contributed by atoms with E-state index in [1.165, 1.54) is 4.40 Å². The largest absolute Gasteiger partial charge is 0.304 e. The van der Waals surface area contributed by atoms with Crippen LogP contribution in [0.25, 0.3) is 17.0 Å². The normalized spacial score (nSPS) is 10.7. The van der Waals surface area contributed by atoms with E-state index < -0.39 is 0 Å². The molecule has 0 unspecified atom stereocenters. The molecule has 0 saturated carbocycles. The van der Waals surface area contributed by atoms with Crippen LogP contribution in [-0.2, 0) is 6.54 Å². The SMILES string of the molecule is C#CCn1c(C)cc(=O)n2cc(-c3ccc(Cl)cc3)nc12. The highest BCUT2D eigenvalue weighted by molar-refractivity contribution is 6.30. The Morgan fingerprint density at radius 2 is 2.05 bits per heavy atom. The Kier molecular flexibility index (Phi) is 3.28. The number of fused-ring (bicyclic) bond motifs is 1. The first-order chi connectivity index (χ1) is 10.1. The van der Waals surface area contributed by atoms with Gasteiger partial charge in [0.25, 0.3) is 5.56 Å². The van der Waals surface area contributed by atoms with Crippen molar-refractivity contribution in [3.63, 3.8) is 0 Å². The van der Waals surface area contributed by atoms with Gasteiger partial charge in [-0.25, -0.2) is 4.98 Å². The minimum Gasteiger partial charge on any atom is -0.304 e. The zero-order valence-corrected chi connectivity index (χ0v) is 12.1. The zero-order valence-electron chi connectivity index (χ0n) is 11.4. The fraction of sp³-hybridized carbons (Fsp3) is 0.125. The first-order valence-corrected chi connectivity index (χ1v) is 6.77. The van der Waals surface area contributed by atoms with E-state index in [1.807, 2.05) is 23.6 Å². The van der Waals surface area contributed by atoms with E-state index in [0.29, 0.717) is 23.0 Å². The first-order valence-electron chi connectivity index (χ1n) is 6.39. The summed E-state index contributed by atoms with van der Waals surface area (Å²) in [7, 11) is 0. The fourth-order valence-corrected chi connectivity index (χ4v) is 2.38. The summed E-state index contributed by atoms with van der Waals surface area (Å²) in [5.41, 5.74) is 2.27. The molecular formula is C16H12ClN3O. The maximum absolute atomic E-state index is 12.1. The number of rotatable bonds is 2. The summed E-state index contributed by atoms with van der Waals surface area (Å²) in [4.78, 5) is 16.6. The van der Waals surface area contributed by atoms with Crippen molar-refractivity contribution in [1.29, 1.82) is 0 Å². The van der Waals surface area contributed by atoms with E-state index in [9.17, 15) is 4.79 Å². The fourth-order valence-electron chi connectivity index (χ4n) is 2.25. The summed E-state index contributed by atoms with van der Waals surface area (Å²) < 4.78 is 3.34. The van der Waals surface area contributed by atoms with Crippen molar-refractivity contribution in [3.8, 4) is 23.6 Å². The Labute approximate surface area is 126 Å². The number of terminal acetylenes is 1. The molecule has 0 atom stereocenters. The Morgan fingerprint density at radius 1 is 1.33 bits per heavy atom. The standard InChI is InChI=1S/C16H12ClN3O/c1-3-8-19-11(2)9-15(21)20-10-14(18-16(19)20)12-4-6-13(17)7-5-12/h1,4-7,9-10H,8H2,2H3. The van der Waals surface area contributed by atoms with Gasteiger partial charge in [0.1, 0.15) is 0 Å². The van der Waals surface area contributed by atoms with Crippen LogP contribution in [0, 0.1) is 19.3 Å². The summed E-state index contributed by atoms with van der Waals surface area (Å²) in [5, 5.41) is 0.658. The van der Waals surface area contributed by atoms with Crippen LogP contribution in [0.1, 0.15) is 5.69 Å². The van der Waals surface area contributed by atoms with Gasteiger partial charge in [0.2, 0.25) is 5.78 Å². The van der Waals surface area contributed by atoms with Crippen LogP contribution in [0.5, 0.6) is 0 Å². The van der Waals surface area contributed by atoms with Gasteiger partial charge < -0.3 is 4.57 Å². The third-order valence-corrected chi connectivity index (χ3v) is 3.57. The van der Waals surface area contributed by atoms with Crippen molar-refractivity contribution in [1.82, 2.24) is 14.0 Å². The lowest BCUT2D eigenvalue weighted by Crippen LogP contribution is -2.18. The smallest absolute Gasteiger partial charge is 0.259 e. The summed E-state index contributed by atoms with van der Waals surface area (Å²) >= 11 is 5.89. The van der Waals surface area contributed by atoms with Crippen LogP contribution in [0.2, 0.25) is 5.02 Å². The molecule has 0 fully saturated rings. The van der Waals surface area contributed by atoms with Crippen LogP contribution in [0.4, 0.5) is 0 Å². The second kappa shape index (κ2) is 5.12. The molecule has 2 aromatic heterocycles. The minimum atomic E-state index is -0.122. The van der Waals surface area contributed by atoms with E-state index in [-0.39, 0.29) is 5.56 Å². The van der Waals surface area contributed by atoms with Crippen LogP contribution < -0.4 is 5.56 Å². The highest BCUT2D eigenvalue weighted by atomic mass is 35.5. The van der Waals surface area contributed by atoms with Gasteiger partial charge in [0, 0.05) is 28.5 Å². The predicted octanol–water partition coefficient (Wildman–Crippen LogP) is 2.76. The highest BCUT2D eigenvalue weighted by Gasteiger charge is 2.11. The molecule has 21 heavy (non-hydrogen) atoms. The van der Waals surface area contributed by atoms with Crippen LogP contribution in [0.3, 0.4) is 0 Å². The van der Waals surface area contributed by atoms with Gasteiger partial charge >= 0.3 is 0 Å². The van der Waals surface area contributed by atoms with Crippen molar-refractivity contribution < 1.29 is 0 Å². The Bertz CT molecular complexity index is 914. The molecule has 0 amide bonds. The molecule has 0 aliphatic carbocycles. The zero-order chi connectivity index (χ0) is 15.0. The number of halogens is 1. The third kappa shape index (κ3) is 2.32. The van der Waals surface area contributed by atoms with E-state index in [0.717, 1.165) is 11.3 Å². The quantitative estimate of drug-likeness (QED) is 0.682. The molecule has 104 valence electrons. The number of imidazole rings is 1. The predicted molar refractivity (Wildman–Crippen MR) is 83.5 cm³/mol. The summed E-state index contributed by atoms with van der Waals surface area (Å²) in [5.74, 6) is 3.13. The Balaban J connectivity index is 2.26. The van der Waals surface area contributed by atoms with Gasteiger partial charge in [-0.15, -0.1) is 6.42 Å². The van der Waals surface area contributed by atoms with E-state index in [1.54, 1.807) is 24.4 Å².